The number of imidazole rings is 1. The quantitative estimate of drug-likeness (QED) is 0.626. The molecule has 0 spiro atoms. The van der Waals surface area contributed by atoms with Gasteiger partial charge in [-0.2, -0.15) is 0 Å². The van der Waals surface area contributed by atoms with Crippen LogP contribution >= 0.6 is 0 Å². The molecule has 0 unspecified atom stereocenters. The SMILES string of the molecule is CCC[n+]1ccn(CCOC)c1C. The summed E-state index contributed by atoms with van der Waals surface area (Å²) in [5, 5.41) is 0. The number of rotatable bonds is 5. The van der Waals surface area contributed by atoms with Crippen molar-refractivity contribution < 1.29 is 9.30 Å². The lowest BCUT2D eigenvalue weighted by molar-refractivity contribution is -0.702. The highest BCUT2D eigenvalue weighted by molar-refractivity contribution is 4.79. The summed E-state index contributed by atoms with van der Waals surface area (Å²) < 4.78 is 9.53. The van der Waals surface area contributed by atoms with Gasteiger partial charge in [0.25, 0.3) is 5.82 Å². The van der Waals surface area contributed by atoms with Crippen molar-refractivity contribution in [3.8, 4) is 0 Å². The molecule has 0 N–H and O–H groups in total. The molecule has 0 saturated heterocycles. The highest BCUT2D eigenvalue weighted by atomic mass is 16.5. The zero-order valence-corrected chi connectivity index (χ0v) is 8.79. The topological polar surface area (TPSA) is 18.0 Å². The van der Waals surface area contributed by atoms with Crippen LogP contribution < -0.4 is 4.57 Å². The van der Waals surface area contributed by atoms with Crippen LogP contribution in [0.2, 0.25) is 0 Å². The molecule has 3 heteroatoms. The van der Waals surface area contributed by atoms with Crippen LogP contribution in [0.1, 0.15) is 19.2 Å². The van der Waals surface area contributed by atoms with E-state index < -0.39 is 0 Å². The predicted octanol–water partition coefficient (Wildman–Crippen LogP) is 1.14. The van der Waals surface area contributed by atoms with Gasteiger partial charge in [0.15, 0.2) is 0 Å². The van der Waals surface area contributed by atoms with Crippen molar-refractivity contribution in [2.45, 2.75) is 33.4 Å². The maximum absolute atomic E-state index is 5.04. The standard InChI is InChI=1S/C10H19N2O/c1-4-5-11-6-7-12(10(11)2)8-9-13-3/h6-7H,4-5,8-9H2,1-3H3/q+1. The van der Waals surface area contributed by atoms with E-state index in [1.54, 1.807) is 7.11 Å². The minimum absolute atomic E-state index is 0.779. The van der Waals surface area contributed by atoms with Gasteiger partial charge in [-0.1, -0.05) is 6.92 Å². The zero-order chi connectivity index (χ0) is 9.68. The lowest BCUT2D eigenvalue weighted by Crippen LogP contribution is -2.35. The fourth-order valence-corrected chi connectivity index (χ4v) is 1.44. The molecule has 0 bridgehead atoms. The lowest BCUT2D eigenvalue weighted by atomic mass is 10.4. The second-order valence-electron chi connectivity index (χ2n) is 3.22. The molecule has 1 rings (SSSR count). The third-order valence-electron chi connectivity index (χ3n) is 2.26. The Morgan fingerprint density at radius 3 is 2.92 bits per heavy atom. The highest BCUT2D eigenvalue weighted by Gasteiger charge is 2.09. The summed E-state index contributed by atoms with van der Waals surface area (Å²) in [6.07, 6.45) is 5.43. The maximum atomic E-state index is 5.04. The first-order valence-corrected chi connectivity index (χ1v) is 4.83. The van der Waals surface area contributed by atoms with Crippen LogP contribution in [0, 0.1) is 6.92 Å². The first-order chi connectivity index (χ1) is 6.29. The fourth-order valence-electron chi connectivity index (χ4n) is 1.44. The van der Waals surface area contributed by atoms with Crippen molar-refractivity contribution in [2.24, 2.45) is 0 Å². The molecule has 0 aliphatic carbocycles. The zero-order valence-electron chi connectivity index (χ0n) is 8.79. The number of hydrogen-bond donors (Lipinski definition) is 0. The predicted molar refractivity (Wildman–Crippen MR) is 51.5 cm³/mol. The van der Waals surface area contributed by atoms with Gasteiger partial charge in [0, 0.05) is 14.0 Å². The Morgan fingerprint density at radius 2 is 2.31 bits per heavy atom. The number of aryl methyl sites for hydroxylation is 1. The summed E-state index contributed by atoms with van der Waals surface area (Å²) in [7, 11) is 1.74. The van der Waals surface area contributed by atoms with Gasteiger partial charge in [0.2, 0.25) is 0 Å². The van der Waals surface area contributed by atoms with E-state index >= 15 is 0 Å². The van der Waals surface area contributed by atoms with E-state index in [2.05, 4.69) is 35.4 Å². The van der Waals surface area contributed by atoms with Crippen molar-refractivity contribution in [1.29, 1.82) is 0 Å². The van der Waals surface area contributed by atoms with E-state index in [-0.39, 0.29) is 0 Å². The molecule has 1 aromatic heterocycles. The summed E-state index contributed by atoms with van der Waals surface area (Å²) >= 11 is 0. The summed E-state index contributed by atoms with van der Waals surface area (Å²) in [6.45, 7) is 7.16. The highest BCUT2D eigenvalue weighted by Crippen LogP contribution is 1.94. The summed E-state index contributed by atoms with van der Waals surface area (Å²) in [5.74, 6) is 1.30. The first kappa shape index (κ1) is 10.3. The Labute approximate surface area is 79.9 Å². The molecule has 3 nitrogen and oxygen atoms in total. The average molecular weight is 183 g/mol. The van der Waals surface area contributed by atoms with Gasteiger partial charge in [0.1, 0.15) is 18.9 Å². The molecule has 1 heterocycles. The molecule has 0 radical (unpaired) electrons. The van der Waals surface area contributed by atoms with Crippen LogP contribution in [0.4, 0.5) is 0 Å². The molecular formula is C10H19N2O+. The lowest BCUT2D eigenvalue weighted by Gasteiger charge is -1.99. The molecule has 0 aromatic carbocycles. The molecular weight excluding hydrogens is 164 g/mol. The average Bonchev–Trinajstić information content (AvgIpc) is 2.46. The minimum Gasteiger partial charge on any atom is -0.381 e. The van der Waals surface area contributed by atoms with E-state index in [0.29, 0.717) is 0 Å². The first-order valence-electron chi connectivity index (χ1n) is 4.83. The molecule has 0 atom stereocenters. The van der Waals surface area contributed by atoms with Gasteiger partial charge in [-0.05, 0) is 6.42 Å². The Morgan fingerprint density at radius 1 is 1.54 bits per heavy atom. The Hall–Kier alpha value is -0.830. The smallest absolute Gasteiger partial charge is 0.253 e. The van der Waals surface area contributed by atoms with Gasteiger partial charge in [-0.3, -0.25) is 0 Å². The van der Waals surface area contributed by atoms with Crippen molar-refractivity contribution in [3.05, 3.63) is 18.2 Å². The summed E-state index contributed by atoms with van der Waals surface area (Å²) in [6, 6.07) is 0. The molecule has 74 valence electrons. The second kappa shape index (κ2) is 5.02. The van der Waals surface area contributed by atoms with Crippen molar-refractivity contribution in [2.75, 3.05) is 13.7 Å². The third-order valence-corrected chi connectivity index (χ3v) is 2.26. The number of ether oxygens (including phenoxy) is 1. The van der Waals surface area contributed by atoms with E-state index in [0.717, 1.165) is 19.7 Å². The second-order valence-corrected chi connectivity index (χ2v) is 3.22. The molecule has 1 aromatic rings. The fraction of sp³-hybridized carbons (Fsp3) is 0.700. The van der Waals surface area contributed by atoms with Crippen molar-refractivity contribution in [3.63, 3.8) is 0 Å². The van der Waals surface area contributed by atoms with E-state index in [4.69, 9.17) is 4.74 Å². The Balaban J connectivity index is 2.62. The van der Waals surface area contributed by atoms with Gasteiger partial charge >= 0.3 is 0 Å². The van der Waals surface area contributed by atoms with Crippen LogP contribution in [-0.4, -0.2) is 18.3 Å². The van der Waals surface area contributed by atoms with Crippen molar-refractivity contribution >= 4 is 0 Å². The third kappa shape index (κ3) is 2.56. The monoisotopic (exact) mass is 183 g/mol. The van der Waals surface area contributed by atoms with E-state index in [1.807, 2.05) is 0 Å². The van der Waals surface area contributed by atoms with Crippen LogP contribution in [-0.2, 0) is 17.8 Å². The molecule has 13 heavy (non-hydrogen) atoms. The molecule has 0 saturated carbocycles. The summed E-state index contributed by atoms with van der Waals surface area (Å²) in [5.41, 5.74) is 0. The Bertz CT molecular complexity index is 255. The number of nitrogens with zero attached hydrogens (tertiary/aromatic N) is 2. The van der Waals surface area contributed by atoms with E-state index in [9.17, 15) is 0 Å². The number of aromatic nitrogens is 2. The normalized spacial score (nSPS) is 10.7. The van der Waals surface area contributed by atoms with Gasteiger partial charge in [-0.15, -0.1) is 0 Å². The summed E-state index contributed by atoms with van der Waals surface area (Å²) in [4.78, 5) is 0. The van der Waals surface area contributed by atoms with Gasteiger partial charge in [-0.25, -0.2) is 9.13 Å². The molecule has 0 aliphatic heterocycles. The molecule has 0 aliphatic rings. The van der Waals surface area contributed by atoms with Crippen molar-refractivity contribution in [1.82, 2.24) is 4.57 Å². The number of hydrogen-bond acceptors (Lipinski definition) is 1. The largest absolute Gasteiger partial charge is 0.381 e. The maximum Gasteiger partial charge on any atom is 0.253 e. The van der Waals surface area contributed by atoms with Crippen LogP contribution in [0.3, 0.4) is 0 Å². The van der Waals surface area contributed by atoms with Crippen LogP contribution in [0.15, 0.2) is 12.4 Å². The van der Waals surface area contributed by atoms with Crippen LogP contribution in [0.25, 0.3) is 0 Å². The molecule has 0 amide bonds. The van der Waals surface area contributed by atoms with Crippen LogP contribution in [0.5, 0.6) is 0 Å². The molecule has 0 fully saturated rings. The van der Waals surface area contributed by atoms with Gasteiger partial charge in [0.05, 0.1) is 13.2 Å². The Kier molecular flexibility index (Phi) is 3.96. The minimum atomic E-state index is 0.779. The van der Waals surface area contributed by atoms with Gasteiger partial charge < -0.3 is 4.74 Å². The number of methoxy groups -OCH3 is 1. The van der Waals surface area contributed by atoms with E-state index in [1.165, 1.54) is 12.2 Å².